The average molecular weight is 326 g/mol. The van der Waals surface area contributed by atoms with Gasteiger partial charge in [0.1, 0.15) is 11.3 Å². The summed E-state index contributed by atoms with van der Waals surface area (Å²) in [4.78, 5) is 12.0. The fourth-order valence-corrected chi connectivity index (χ4v) is 3.71. The molecule has 120 valence electrons. The van der Waals surface area contributed by atoms with E-state index in [1.807, 2.05) is 42.5 Å². The predicted molar refractivity (Wildman–Crippen MR) is 102 cm³/mol. The van der Waals surface area contributed by atoms with E-state index in [0.717, 1.165) is 49.0 Å². The van der Waals surface area contributed by atoms with Gasteiger partial charge in [-0.25, -0.2) is 0 Å². The Labute approximate surface area is 143 Å². The monoisotopic (exact) mass is 326 g/mol. The molecule has 0 aliphatic rings. The lowest BCUT2D eigenvalue weighted by atomic mass is 9.94. The predicted octanol–water partition coefficient (Wildman–Crippen LogP) is 5.26. The smallest absolute Gasteiger partial charge is 0.179 e. The Bertz CT molecular complexity index is 1350. The molecule has 3 nitrogen and oxygen atoms in total. The highest BCUT2D eigenvalue weighted by atomic mass is 16.5. The van der Waals surface area contributed by atoms with Crippen LogP contribution in [0.3, 0.4) is 0 Å². The van der Waals surface area contributed by atoms with Crippen molar-refractivity contribution in [3.63, 3.8) is 0 Å². The van der Waals surface area contributed by atoms with Crippen LogP contribution in [-0.4, -0.2) is 7.11 Å². The molecule has 0 spiro atoms. The number of benzene rings is 4. The second kappa shape index (κ2) is 5.08. The van der Waals surface area contributed by atoms with Crippen molar-refractivity contribution in [1.82, 2.24) is 0 Å². The Balaban J connectivity index is 2.24. The zero-order valence-corrected chi connectivity index (χ0v) is 13.6. The van der Waals surface area contributed by atoms with Crippen molar-refractivity contribution in [3.05, 3.63) is 77.2 Å². The highest BCUT2D eigenvalue weighted by molar-refractivity contribution is 6.30. The minimum atomic E-state index is -0.0169. The molecule has 3 heteroatoms. The quantitative estimate of drug-likeness (QED) is 0.394. The van der Waals surface area contributed by atoms with E-state index in [2.05, 4.69) is 6.07 Å². The zero-order chi connectivity index (χ0) is 17.0. The van der Waals surface area contributed by atoms with Gasteiger partial charge in [-0.3, -0.25) is 4.79 Å². The molecular formula is C22H14O3. The van der Waals surface area contributed by atoms with Crippen molar-refractivity contribution in [2.45, 2.75) is 0 Å². The van der Waals surface area contributed by atoms with Crippen LogP contribution in [0.2, 0.25) is 0 Å². The van der Waals surface area contributed by atoms with E-state index >= 15 is 0 Å². The maximum absolute atomic E-state index is 12.0. The SMILES string of the molecule is COc1cccc2c3cc(=O)ccc3c3occ4ccccc4c3c12. The van der Waals surface area contributed by atoms with E-state index in [4.69, 9.17) is 9.15 Å². The third-order valence-corrected chi connectivity index (χ3v) is 4.78. The number of hydrogen-bond donors (Lipinski definition) is 0. The zero-order valence-electron chi connectivity index (χ0n) is 13.6. The summed E-state index contributed by atoms with van der Waals surface area (Å²) in [5, 5.41) is 6.92. The highest BCUT2D eigenvalue weighted by Crippen LogP contribution is 2.41. The molecule has 0 atom stereocenters. The second-order valence-corrected chi connectivity index (χ2v) is 6.12. The van der Waals surface area contributed by atoms with E-state index in [0.29, 0.717) is 0 Å². The summed E-state index contributed by atoms with van der Waals surface area (Å²) in [5.74, 6) is 0.771. The Hall–Kier alpha value is -3.33. The molecule has 1 heterocycles. The van der Waals surface area contributed by atoms with Crippen LogP contribution in [0.4, 0.5) is 0 Å². The van der Waals surface area contributed by atoms with Crippen LogP contribution in [-0.2, 0) is 0 Å². The molecule has 0 unspecified atom stereocenters. The van der Waals surface area contributed by atoms with Crippen LogP contribution in [0, 0.1) is 0 Å². The first-order valence-corrected chi connectivity index (χ1v) is 8.10. The molecule has 0 amide bonds. The lowest BCUT2D eigenvalue weighted by molar-refractivity contribution is 0.420. The molecule has 0 bridgehead atoms. The Morgan fingerprint density at radius 3 is 2.52 bits per heavy atom. The molecule has 25 heavy (non-hydrogen) atoms. The fraction of sp³-hybridized carbons (Fsp3) is 0.0455. The molecule has 0 N–H and O–H groups in total. The number of methoxy groups -OCH3 is 1. The van der Waals surface area contributed by atoms with Crippen molar-refractivity contribution < 1.29 is 9.15 Å². The third kappa shape index (κ3) is 1.89. The van der Waals surface area contributed by atoms with Crippen LogP contribution in [0.1, 0.15) is 0 Å². The van der Waals surface area contributed by atoms with Gasteiger partial charge in [0, 0.05) is 21.5 Å². The fourth-order valence-electron chi connectivity index (χ4n) is 3.71. The van der Waals surface area contributed by atoms with Gasteiger partial charge in [-0.2, -0.15) is 0 Å². The molecule has 0 fully saturated rings. The first kappa shape index (κ1) is 14.1. The van der Waals surface area contributed by atoms with Gasteiger partial charge >= 0.3 is 0 Å². The first-order chi connectivity index (χ1) is 12.3. The van der Waals surface area contributed by atoms with Crippen LogP contribution in [0.5, 0.6) is 5.75 Å². The summed E-state index contributed by atoms with van der Waals surface area (Å²) >= 11 is 0. The summed E-state index contributed by atoms with van der Waals surface area (Å²) < 4.78 is 11.7. The molecule has 5 aromatic rings. The van der Waals surface area contributed by atoms with E-state index in [1.165, 1.54) is 0 Å². The van der Waals surface area contributed by atoms with Gasteiger partial charge in [0.15, 0.2) is 5.43 Å². The van der Waals surface area contributed by atoms with Crippen molar-refractivity contribution in [2.24, 2.45) is 0 Å². The number of fused-ring (bicyclic) bond motifs is 8. The maximum atomic E-state index is 12.0. The van der Waals surface area contributed by atoms with Crippen LogP contribution in [0.25, 0.3) is 43.3 Å². The first-order valence-electron chi connectivity index (χ1n) is 8.10. The second-order valence-electron chi connectivity index (χ2n) is 6.12. The maximum Gasteiger partial charge on any atom is 0.179 e. The van der Waals surface area contributed by atoms with Gasteiger partial charge in [0.05, 0.1) is 13.4 Å². The van der Waals surface area contributed by atoms with E-state index in [1.54, 1.807) is 25.5 Å². The van der Waals surface area contributed by atoms with Gasteiger partial charge in [0.25, 0.3) is 0 Å². The van der Waals surface area contributed by atoms with Crippen molar-refractivity contribution in [3.8, 4) is 5.75 Å². The molecule has 0 aliphatic carbocycles. The van der Waals surface area contributed by atoms with Gasteiger partial charge in [-0.1, -0.05) is 36.4 Å². The van der Waals surface area contributed by atoms with Crippen LogP contribution in [0.15, 0.2) is 76.1 Å². The molecule has 0 radical (unpaired) electrons. The van der Waals surface area contributed by atoms with Gasteiger partial charge in [-0.15, -0.1) is 0 Å². The summed E-state index contributed by atoms with van der Waals surface area (Å²) in [6, 6.07) is 19.2. The minimum Gasteiger partial charge on any atom is -0.496 e. The molecular weight excluding hydrogens is 312 g/mol. The summed E-state index contributed by atoms with van der Waals surface area (Å²) in [6.07, 6.45) is 1.77. The van der Waals surface area contributed by atoms with Gasteiger partial charge in [0.2, 0.25) is 0 Å². The summed E-state index contributed by atoms with van der Waals surface area (Å²) in [6.45, 7) is 0. The highest BCUT2D eigenvalue weighted by Gasteiger charge is 2.16. The molecule has 0 saturated carbocycles. The third-order valence-electron chi connectivity index (χ3n) is 4.78. The normalized spacial score (nSPS) is 11.6. The summed E-state index contributed by atoms with van der Waals surface area (Å²) in [5.41, 5.74) is 0.752. The number of hydrogen-bond acceptors (Lipinski definition) is 3. The molecule has 0 aliphatic heterocycles. The van der Waals surface area contributed by atoms with Crippen molar-refractivity contribution >= 4 is 43.3 Å². The van der Waals surface area contributed by atoms with Crippen LogP contribution >= 0.6 is 0 Å². The topological polar surface area (TPSA) is 39.4 Å². The molecule has 0 saturated heterocycles. The van der Waals surface area contributed by atoms with Gasteiger partial charge in [-0.05, 0) is 40.4 Å². The lowest BCUT2D eigenvalue weighted by Crippen LogP contribution is -1.96. The Morgan fingerprint density at radius 1 is 0.800 bits per heavy atom. The van der Waals surface area contributed by atoms with E-state index in [-0.39, 0.29) is 5.43 Å². The molecule has 5 rings (SSSR count). The Morgan fingerprint density at radius 2 is 1.64 bits per heavy atom. The number of rotatable bonds is 1. The largest absolute Gasteiger partial charge is 0.496 e. The molecule has 1 aromatic heterocycles. The summed E-state index contributed by atoms with van der Waals surface area (Å²) in [7, 11) is 1.66. The molecule has 4 aromatic carbocycles. The van der Waals surface area contributed by atoms with Gasteiger partial charge < -0.3 is 9.15 Å². The van der Waals surface area contributed by atoms with Crippen LogP contribution < -0.4 is 10.2 Å². The van der Waals surface area contributed by atoms with Crippen molar-refractivity contribution in [2.75, 3.05) is 7.11 Å². The standard InChI is InChI=1S/C22H14O3/c1-24-19-8-4-7-16-18-11-14(23)9-10-17(18)22-21(20(16)19)15-6-3-2-5-13(15)12-25-22/h2-12H,1H3. The Kier molecular flexibility index (Phi) is 2.86. The van der Waals surface area contributed by atoms with E-state index in [9.17, 15) is 4.79 Å². The van der Waals surface area contributed by atoms with Crippen molar-refractivity contribution in [1.29, 1.82) is 0 Å². The minimum absolute atomic E-state index is 0.0169. The number of ether oxygens (including phenoxy) is 1. The van der Waals surface area contributed by atoms with E-state index < -0.39 is 0 Å². The average Bonchev–Trinajstić information content (AvgIpc) is 2.66. The lowest BCUT2D eigenvalue weighted by Gasteiger charge is -2.14.